The number of rotatable bonds is 8. The minimum atomic E-state index is -1.97. The van der Waals surface area contributed by atoms with Gasteiger partial charge in [0.1, 0.15) is 48.8 Å². The van der Waals surface area contributed by atoms with Crippen molar-refractivity contribution in [2.45, 2.75) is 55.1 Å². The molecule has 23 heavy (non-hydrogen) atoms. The Bertz CT molecular complexity index is 365. The average molecular weight is 342 g/mol. The second kappa shape index (κ2) is 8.94. The van der Waals surface area contributed by atoms with E-state index in [0.29, 0.717) is 0 Å². The fourth-order valence-corrected chi connectivity index (χ4v) is 2.11. The fraction of sp³-hybridized carbons (Fsp3) is 0.917. The Hall–Kier alpha value is -0.730. The molecule has 1 aliphatic heterocycles. The molecule has 0 aromatic rings. The minimum Gasteiger partial charge on any atom is -0.394 e. The number of carbonyl (C=O) groups is 1. The molecule has 1 aliphatic rings. The van der Waals surface area contributed by atoms with Gasteiger partial charge < -0.3 is 55.1 Å². The van der Waals surface area contributed by atoms with Gasteiger partial charge in [-0.05, 0) is 0 Å². The monoisotopic (exact) mass is 342 g/mol. The Morgan fingerprint density at radius 3 is 2.13 bits per heavy atom. The summed E-state index contributed by atoms with van der Waals surface area (Å²) in [4.78, 5) is 10.5. The van der Waals surface area contributed by atoms with Crippen LogP contribution in [0.3, 0.4) is 0 Å². The number of hydrogen-bond acceptors (Lipinski definition) is 11. The molecule has 0 aliphatic carbocycles. The molecule has 1 rings (SSSR count). The van der Waals surface area contributed by atoms with Crippen LogP contribution in [0, 0.1) is 0 Å². The van der Waals surface area contributed by atoms with Crippen LogP contribution in [0.5, 0.6) is 0 Å². The van der Waals surface area contributed by atoms with E-state index in [1.165, 1.54) is 0 Å². The summed E-state index contributed by atoms with van der Waals surface area (Å²) >= 11 is 0. The predicted molar refractivity (Wildman–Crippen MR) is 69.8 cm³/mol. The Morgan fingerprint density at radius 1 is 1.04 bits per heavy atom. The number of carbonyl (C=O) groups excluding carboxylic acids is 1. The van der Waals surface area contributed by atoms with Crippen LogP contribution in [0.25, 0.3) is 0 Å². The lowest BCUT2D eigenvalue weighted by molar-refractivity contribution is -0.326. The summed E-state index contributed by atoms with van der Waals surface area (Å²) in [6.07, 6.45) is -15.7. The van der Waals surface area contributed by atoms with Crippen molar-refractivity contribution >= 4 is 6.29 Å². The lowest BCUT2D eigenvalue weighted by atomic mass is 9.98. The standard InChI is InChI=1S/C12H22O11/c13-1-4(16)7(18)11(5(17)2-14)23-12-10(21)9(20)8(19)6(3-15)22-12/h1,4-12,14-21H,2-3H2/t4?,5?,6-,7?,8+,9+,10-,11?,12+/m1/s1. The fourth-order valence-electron chi connectivity index (χ4n) is 2.11. The molecule has 11 heteroatoms. The molecule has 8 N–H and O–H groups in total. The van der Waals surface area contributed by atoms with Crippen molar-refractivity contribution in [3.63, 3.8) is 0 Å². The minimum absolute atomic E-state index is 0.0294. The normalized spacial score (nSPS) is 37.0. The molecule has 0 aromatic heterocycles. The second-order valence-corrected chi connectivity index (χ2v) is 5.17. The van der Waals surface area contributed by atoms with E-state index in [4.69, 9.17) is 19.7 Å². The number of aliphatic hydroxyl groups excluding tert-OH is 8. The summed E-state index contributed by atoms with van der Waals surface area (Å²) in [5.41, 5.74) is 0. The predicted octanol–water partition coefficient (Wildman–Crippen LogP) is -5.55. The maximum absolute atomic E-state index is 10.5. The van der Waals surface area contributed by atoms with Crippen molar-refractivity contribution < 1.29 is 55.1 Å². The van der Waals surface area contributed by atoms with Crippen molar-refractivity contribution in [2.24, 2.45) is 0 Å². The van der Waals surface area contributed by atoms with Crippen LogP contribution in [-0.4, -0.2) is 115 Å². The quantitative estimate of drug-likeness (QED) is 0.196. The van der Waals surface area contributed by atoms with Gasteiger partial charge in [-0.3, -0.25) is 0 Å². The van der Waals surface area contributed by atoms with Crippen LogP contribution in [0.4, 0.5) is 0 Å². The van der Waals surface area contributed by atoms with Crippen molar-refractivity contribution in [2.75, 3.05) is 13.2 Å². The van der Waals surface area contributed by atoms with Crippen LogP contribution < -0.4 is 0 Å². The van der Waals surface area contributed by atoms with Crippen molar-refractivity contribution in [1.82, 2.24) is 0 Å². The molecule has 9 atom stereocenters. The molecular weight excluding hydrogens is 320 g/mol. The van der Waals surface area contributed by atoms with E-state index in [2.05, 4.69) is 0 Å². The van der Waals surface area contributed by atoms with Crippen LogP contribution in [0.1, 0.15) is 0 Å². The highest BCUT2D eigenvalue weighted by Gasteiger charge is 2.46. The maximum atomic E-state index is 10.5. The zero-order valence-corrected chi connectivity index (χ0v) is 12.0. The van der Waals surface area contributed by atoms with Crippen molar-refractivity contribution in [3.8, 4) is 0 Å². The van der Waals surface area contributed by atoms with Gasteiger partial charge in [-0.2, -0.15) is 0 Å². The first kappa shape index (κ1) is 20.3. The van der Waals surface area contributed by atoms with Gasteiger partial charge in [0.2, 0.25) is 0 Å². The molecule has 0 aromatic carbocycles. The van der Waals surface area contributed by atoms with Gasteiger partial charge in [-0.15, -0.1) is 0 Å². The van der Waals surface area contributed by atoms with Gasteiger partial charge >= 0.3 is 0 Å². The van der Waals surface area contributed by atoms with Gasteiger partial charge in [0.15, 0.2) is 12.6 Å². The third-order valence-corrected chi connectivity index (χ3v) is 3.53. The molecule has 136 valence electrons. The van der Waals surface area contributed by atoms with Gasteiger partial charge in [-0.25, -0.2) is 0 Å². The number of ether oxygens (including phenoxy) is 2. The lowest BCUT2D eigenvalue weighted by Gasteiger charge is -2.42. The Labute approximate surface area is 130 Å². The topological polar surface area (TPSA) is 197 Å². The molecule has 0 bridgehead atoms. The summed E-state index contributed by atoms with van der Waals surface area (Å²) < 4.78 is 10.1. The zero-order valence-electron chi connectivity index (χ0n) is 12.0. The average Bonchev–Trinajstić information content (AvgIpc) is 2.57. The van der Waals surface area contributed by atoms with Crippen molar-refractivity contribution in [3.05, 3.63) is 0 Å². The number of hydrogen-bond donors (Lipinski definition) is 8. The molecule has 1 fully saturated rings. The Balaban J connectivity index is 2.91. The first-order chi connectivity index (χ1) is 10.8. The highest BCUT2D eigenvalue weighted by Crippen LogP contribution is 2.24. The van der Waals surface area contributed by atoms with E-state index in [-0.39, 0.29) is 6.29 Å². The van der Waals surface area contributed by atoms with Crippen LogP contribution in [0.2, 0.25) is 0 Å². The molecule has 0 spiro atoms. The van der Waals surface area contributed by atoms with Gasteiger partial charge in [0.05, 0.1) is 13.2 Å². The maximum Gasteiger partial charge on any atom is 0.187 e. The van der Waals surface area contributed by atoms with E-state index >= 15 is 0 Å². The molecule has 0 saturated carbocycles. The van der Waals surface area contributed by atoms with Crippen LogP contribution >= 0.6 is 0 Å². The third kappa shape index (κ3) is 4.64. The summed E-state index contributed by atoms with van der Waals surface area (Å²) in [6.45, 7) is -1.64. The molecule has 0 amide bonds. The second-order valence-electron chi connectivity index (χ2n) is 5.17. The van der Waals surface area contributed by atoms with E-state index < -0.39 is 68.3 Å². The van der Waals surface area contributed by atoms with Gasteiger partial charge in [0, 0.05) is 0 Å². The lowest BCUT2D eigenvalue weighted by Crippen LogP contribution is -2.61. The van der Waals surface area contributed by atoms with E-state index in [1.54, 1.807) is 0 Å². The van der Waals surface area contributed by atoms with Crippen molar-refractivity contribution in [1.29, 1.82) is 0 Å². The van der Waals surface area contributed by atoms with Crippen LogP contribution in [0.15, 0.2) is 0 Å². The third-order valence-electron chi connectivity index (χ3n) is 3.53. The molecule has 0 radical (unpaired) electrons. The van der Waals surface area contributed by atoms with E-state index in [9.17, 15) is 35.4 Å². The molecule has 11 nitrogen and oxygen atoms in total. The van der Waals surface area contributed by atoms with E-state index in [0.717, 1.165) is 0 Å². The Kier molecular flexibility index (Phi) is 7.89. The van der Waals surface area contributed by atoms with Gasteiger partial charge in [-0.1, -0.05) is 0 Å². The SMILES string of the molecule is O=CC(O)C(O)C(O[C@@H]1O[C@H](CO)[C@H](O)[C@H](O)[C@H]1O)C(O)CO. The summed E-state index contributed by atoms with van der Waals surface area (Å²) in [6, 6.07) is 0. The molecule has 1 heterocycles. The molecular formula is C12H22O11. The molecule has 4 unspecified atom stereocenters. The summed E-state index contributed by atoms with van der Waals surface area (Å²) in [5.74, 6) is 0. The zero-order chi connectivity index (χ0) is 17.7. The first-order valence-corrected chi connectivity index (χ1v) is 6.84. The number of aldehydes is 1. The largest absolute Gasteiger partial charge is 0.394 e. The molecule has 1 saturated heterocycles. The highest BCUT2D eigenvalue weighted by molar-refractivity contribution is 5.56. The van der Waals surface area contributed by atoms with Crippen LogP contribution in [-0.2, 0) is 14.3 Å². The van der Waals surface area contributed by atoms with Gasteiger partial charge in [0.25, 0.3) is 0 Å². The number of aliphatic hydroxyl groups is 8. The Morgan fingerprint density at radius 2 is 1.65 bits per heavy atom. The van der Waals surface area contributed by atoms with E-state index in [1.807, 2.05) is 0 Å². The summed E-state index contributed by atoms with van der Waals surface area (Å²) in [7, 11) is 0. The smallest absolute Gasteiger partial charge is 0.187 e. The first-order valence-electron chi connectivity index (χ1n) is 6.84. The summed E-state index contributed by atoms with van der Waals surface area (Å²) in [5, 5.41) is 75.7. The highest BCUT2D eigenvalue weighted by atomic mass is 16.7.